The number of hydrogen-bond acceptors (Lipinski definition) is 3. The minimum absolute atomic E-state index is 0.0480. The van der Waals surface area contributed by atoms with Crippen LogP contribution in [0, 0.1) is 26.7 Å². The Morgan fingerprint density at radius 2 is 1.90 bits per heavy atom. The molecule has 1 N–H and O–H groups in total. The van der Waals surface area contributed by atoms with E-state index in [1.54, 1.807) is 11.8 Å². The number of aryl methyl sites for hydroxylation is 2. The Balaban J connectivity index is 2.20. The van der Waals surface area contributed by atoms with Crippen molar-refractivity contribution in [1.29, 1.82) is 0 Å². The van der Waals surface area contributed by atoms with Gasteiger partial charge in [0.05, 0.1) is 11.5 Å². The zero-order chi connectivity index (χ0) is 15.0. The molecule has 2 rings (SSSR count). The third-order valence-corrected chi connectivity index (χ3v) is 4.26. The van der Waals surface area contributed by atoms with Crippen molar-refractivity contribution in [3.05, 3.63) is 22.6 Å². The predicted octanol–water partition coefficient (Wildman–Crippen LogP) is 2.53. The first-order valence-electron chi connectivity index (χ1n) is 6.93. The maximum Gasteiger partial charge on any atom is 0.306 e. The summed E-state index contributed by atoms with van der Waals surface area (Å²) in [5, 5.41) is 9.07. The molecule has 1 aliphatic heterocycles. The fraction of sp³-hybridized carbons (Fsp3) is 0.600. The lowest BCUT2D eigenvalue weighted by molar-refractivity contribution is -0.143. The zero-order valence-electron chi connectivity index (χ0n) is 12.4. The van der Waals surface area contributed by atoms with Gasteiger partial charge in [-0.1, -0.05) is 0 Å². The van der Waals surface area contributed by atoms with Crippen molar-refractivity contribution in [2.24, 2.45) is 5.92 Å². The van der Waals surface area contributed by atoms with Crippen molar-refractivity contribution in [2.75, 3.05) is 6.54 Å². The van der Waals surface area contributed by atoms with Gasteiger partial charge < -0.3 is 14.4 Å². The minimum atomic E-state index is -0.768. The van der Waals surface area contributed by atoms with E-state index in [2.05, 4.69) is 0 Å². The molecule has 1 aliphatic rings. The van der Waals surface area contributed by atoms with Crippen molar-refractivity contribution >= 4 is 11.9 Å². The van der Waals surface area contributed by atoms with Crippen LogP contribution in [0.3, 0.4) is 0 Å². The number of nitrogens with zero attached hydrogens (tertiary/aromatic N) is 1. The highest BCUT2D eigenvalue weighted by molar-refractivity contribution is 5.97. The molecule has 0 saturated carbocycles. The van der Waals surface area contributed by atoms with Crippen molar-refractivity contribution in [3.63, 3.8) is 0 Å². The van der Waals surface area contributed by atoms with Gasteiger partial charge in [-0.25, -0.2) is 0 Å². The summed E-state index contributed by atoms with van der Waals surface area (Å²) in [7, 11) is 0. The Bertz CT molecular complexity index is 546. The average Bonchev–Trinajstić information content (AvgIpc) is 2.62. The summed E-state index contributed by atoms with van der Waals surface area (Å²) >= 11 is 0. The lowest BCUT2D eigenvalue weighted by Gasteiger charge is -2.36. The van der Waals surface area contributed by atoms with Gasteiger partial charge in [0.15, 0.2) is 0 Å². The summed E-state index contributed by atoms with van der Waals surface area (Å²) in [6.45, 7) is 7.92. The van der Waals surface area contributed by atoms with Gasteiger partial charge in [-0.2, -0.15) is 0 Å². The number of likely N-dealkylation sites (tertiary alicyclic amines) is 1. The van der Waals surface area contributed by atoms with E-state index in [0.717, 1.165) is 11.3 Å². The van der Waals surface area contributed by atoms with Crippen LogP contribution >= 0.6 is 0 Å². The van der Waals surface area contributed by atoms with Gasteiger partial charge in [0.1, 0.15) is 11.5 Å². The Kier molecular flexibility index (Phi) is 3.88. The maximum absolute atomic E-state index is 12.7. The van der Waals surface area contributed by atoms with Crippen LogP contribution < -0.4 is 0 Å². The summed E-state index contributed by atoms with van der Waals surface area (Å²) in [5.41, 5.74) is 1.50. The molecule has 20 heavy (non-hydrogen) atoms. The number of hydrogen-bond donors (Lipinski definition) is 1. The second kappa shape index (κ2) is 5.31. The Hall–Kier alpha value is -1.78. The third-order valence-electron chi connectivity index (χ3n) is 4.26. The molecule has 0 aromatic carbocycles. The molecule has 0 spiro atoms. The van der Waals surface area contributed by atoms with Crippen LogP contribution in [-0.2, 0) is 4.79 Å². The topological polar surface area (TPSA) is 70.8 Å². The van der Waals surface area contributed by atoms with Crippen molar-refractivity contribution in [3.8, 4) is 0 Å². The van der Waals surface area contributed by atoms with Crippen molar-refractivity contribution < 1.29 is 19.1 Å². The Labute approximate surface area is 118 Å². The highest BCUT2D eigenvalue weighted by Crippen LogP contribution is 2.28. The number of amides is 1. The number of carboxylic acids is 1. The van der Waals surface area contributed by atoms with Crippen LogP contribution in [0.5, 0.6) is 0 Å². The maximum atomic E-state index is 12.7. The minimum Gasteiger partial charge on any atom is -0.481 e. The molecule has 5 nitrogen and oxygen atoms in total. The molecule has 1 aromatic rings. The van der Waals surface area contributed by atoms with Gasteiger partial charge in [0.2, 0.25) is 0 Å². The summed E-state index contributed by atoms with van der Waals surface area (Å²) in [6.07, 6.45) is 1.02. The summed E-state index contributed by atoms with van der Waals surface area (Å²) in [5.74, 6) is 0.238. The summed E-state index contributed by atoms with van der Waals surface area (Å²) in [4.78, 5) is 25.5. The molecule has 0 aliphatic carbocycles. The largest absolute Gasteiger partial charge is 0.481 e. The molecule has 1 amide bonds. The highest BCUT2D eigenvalue weighted by Gasteiger charge is 2.34. The van der Waals surface area contributed by atoms with Crippen LogP contribution in [0.2, 0.25) is 0 Å². The number of carbonyl (C=O) groups is 2. The summed E-state index contributed by atoms with van der Waals surface area (Å²) < 4.78 is 5.51. The van der Waals surface area contributed by atoms with E-state index in [0.29, 0.717) is 30.7 Å². The molecule has 110 valence electrons. The van der Waals surface area contributed by atoms with Crippen LogP contribution in [0.4, 0.5) is 0 Å². The quantitative estimate of drug-likeness (QED) is 0.903. The number of rotatable bonds is 2. The SMILES string of the molecule is Cc1oc(C)c(C(=O)N2CCC(C(=O)O)CC2C)c1C. The second-order valence-electron chi connectivity index (χ2n) is 5.62. The van der Waals surface area contributed by atoms with E-state index in [-0.39, 0.29) is 17.9 Å². The van der Waals surface area contributed by atoms with Crippen LogP contribution in [-0.4, -0.2) is 34.5 Å². The molecular weight excluding hydrogens is 258 g/mol. The molecule has 5 heteroatoms. The fourth-order valence-corrected chi connectivity index (χ4v) is 2.95. The van der Waals surface area contributed by atoms with E-state index in [1.807, 2.05) is 20.8 Å². The van der Waals surface area contributed by atoms with Crippen LogP contribution in [0.1, 0.15) is 47.2 Å². The standard InChI is InChI=1S/C15H21NO4/c1-8-7-12(15(18)19)5-6-16(8)14(17)13-9(2)10(3)20-11(13)4/h8,12H,5-7H2,1-4H3,(H,18,19). The van der Waals surface area contributed by atoms with Gasteiger partial charge in [-0.3, -0.25) is 9.59 Å². The lowest BCUT2D eigenvalue weighted by atomic mass is 9.91. The van der Waals surface area contributed by atoms with Crippen LogP contribution in [0.15, 0.2) is 4.42 Å². The third kappa shape index (κ3) is 2.44. The van der Waals surface area contributed by atoms with E-state index in [4.69, 9.17) is 9.52 Å². The van der Waals surface area contributed by atoms with Gasteiger partial charge in [0.25, 0.3) is 5.91 Å². The van der Waals surface area contributed by atoms with Crippen molar-refractivity contribution in [2.45, 2.75) is 46.6 Å². The number of carbonyl (C=O) groups excluding carboxylic acids is 1. The first kappa shape index (κ1) is 14.6. The normalized spacial score (nSPS) is 22.9. The number of piperidine rings is 1. The van der Waals surface area contributed by atoms with E-state index >= 15 is 0 Å². The first-order valence-corrected chi connectivity index (χ1v) is 6.93. The Morgan fingerprint density at radius 1 is 1.25 bits per heavy atom. The van der Waals surface area contributed by atoms with Gasteiger partial charge >= 0.3 is 5.97 Å². The van der Waals surface area contributed by atoms with Crippen LogP contribution in [0.25, 0.3) is 0 Å². The fourth-order valence-electron chi connectivity index (χ4n) is 2.95. The monoisotopic (exact) mass is 279 g/mol. The molecule has 2 atom stereocenters. The van der Waals surface area contributed by atoms with E-state index in [9.17, 15) is 9.59 Å². The number of aliphatic carboxylic acids is 1. The highest BCUT2D eigenvalue weighted by atomic mass is 16.4. The molecule has 1 aromatic heterocycles. The molecule has 0 bridgehead atoms. The van der Waals surface area contributed by atoms with Gasteiger partial charge in [-0.15, -0.1) is 0 Å². The van der Waals surface area contributed by atoms with Gasteiger partial charge in [-0.05, 0) is 40.5 Å². The van der Waals surface area contributed by atoms with Crippen molar-refractivity contribution in [1.82, 2.24) is 4.90 Å². The number of furan rings is 1. The average molecular weight is 279 g/mol. The van der Waals surface area contributed by atoms with E-state index in [1.165, 1.54) is 0 Å². The summed E-state index contributed by atoms with van der Waals surface area (Å²) in [6, 6.07) is -0.0636. The van der Waals surface area contributed by atoms with E-state index < -0.39 is 5.97 Å². The molecule has 1 fully saturated rings. The van der Waals surface area contributed by atoms with Gasteiger partial charge in [0, 0.05) is 18.2 Å². The second-order valence-corrected chi connectivity index (χ2v) is 5.62. The number of carboxylic acid groups (broad SMARTS) is 1. The zero-order valence-corrected chi connectivity index (χ0v) is 12.4. The molecular formula is C15H21NO4. The predicted molar refractivity (Wildman–Crippen MR) is 73.8 cm³/mol. The lowest BCUT2D eigenvalue weighted by Crippen LogP contribution is -2.46. The molecule has 0 radical (unpaired) electrons. The first-order chi connectivity index (χ1) is 9.32. The molecule has 1 saturated heterocycles. The molecule has 2 heterocycles. The Morgan fingerprint density at radius 3 is 2.35 bits per heavy atom. The smallest absolute Gasteiger partial charge is 0.306 e. The molecule has 2 unspecified atom stereocenters.